The number of rotatable bonds is 5. The van der Waals surface area contributed by atoms with Gasteiger partial charge in [-0.05, 0) is 61.7 Å². The molecule has 1 fully saturated rings. The smallest absolute Gasteiger partial charge is 0.354 e. The van der Waals surface area contributed by atoms with Crippen LogP contribution in [-0.2, 0) is 13.6 Å². The number of benzene rings is 1. The molecule has 9 nitrogen and oxygen atoms in total. The zero-order valence-corrected chi connectivity index (χ0v) is 21.2. The predicted octanol–water partition coefficient (Wildman–Crippen LogP) is 2.92. The second-order valence-electron chi connectivity index (χ2n) is 9.76. The average molecular weight is 504 g/mol. The SMILES string of the molecule is CN(C)C(=O)c1ccc(C2CCN(Cc3cc4c(-n5cc(F)c(N)nc5=O)ccnc4n3C)CC2)cc1. The van der Waals surface area contributed by atoms with E-state index in [9.17, 15) is 14.0 Å². The first-order valence-electron chi connectivity index (χ1n) is 12.2. The number of carbonyl (C=O) groups excluding carboxylic acids is 1. The molecule has 1 aliphatic heterocycles. The molecule has 1 saturated heterocycles. The molecule has 0 unspecified atom stereocenters. The van der Waals surface area contributed by atoms with Gasteiger partial charge in [0.1, 0.15) is 5.65 Å². The number of piperidine rings is 1. The molecule has 1 aromatic carbocycles. The highest BCUT2D eigenvalue weighted by molar-refractivity contribution is 5.93. The lowest BCUT2D eigenvalue weighted by Crippen LogP contribution is -2.33. The van der Waals surface area contributed by atoms with Crippen LogP contribution < -0.4 is 11.4 Å². The molecule has 0 bridgehead atoms. The monoisotopic (exact) mass is 503 g/mol. The Morgan fingerprint density at radius 2 is 1.86 bits per heavy atom. The molecule has 37 heavy (non-hydrogen) atoms. The first-order valence-corrected chi connectivity index (χ1v) is 12.2. The molecule has 2 N–H and O–H groups in total. The van der Waals surface area contributed by atoms with Crippen molar-refractivity contribution in [2.45, 2.75) is 25.3 Å². The van der Waals surface area contributed by atoms with E-state index in [1.54, 1.807) is 31.3 Å². The molecule has 0 spiro atoms. The quantitative estimate of drug-likeness (QED) is 0.449. The number of likely N-dealkylation sites (tertiary alicyclic amines) is 1. The van der Waals surface area contributed by atoms with E-state index in [2.05, 4.69) is 27.0 Å². The summed E-state index contributed by atoms with van der Waals surface area (Å²) in [4.78, 5) is 36.7. The largest absolute Gasteiger partial charge is 0.381 e. The molecule has 0 radical (unpaired) electrons. The van der Waals surface area contributed by atoms with E-state index in [0.29, 0.717) is 22.8 Å². The Morgan fingerprint density at radius 3 is 2.54 bits per heavy atom. The number of aromatic nitrogens is 4. The van der Waals surface area contributed by atoms with Crippen LogP contribution in [-0.4, -0.2) is 62.0 Å². The Hall–Kier alpha value is -4.05. The minimum absolute atomic E-state index is 0.0108. The second-order valence-corrected chi connectivity index (χ2v) is 9.76. The van der Waals surface area contributed by atoms with Crippen LogP contribution in [0.15, 0.2) is 53.6 Å². The number of nitrogen functional groups attached to an aromatic ring is 1. The first kappa shape index (κ1) is 24.6. The number of anilines is 1. The number of fused-ring (bicyclic) bond motifs is 1. The van der Waals surface area contributed by atoms with Gasteiger partial charge < -0.3 is 15.2 Å². The highest BCUT2D eigenvalue weighted by Crippen LogP contribution is 2.30. The number of pyridine rings is 1. The van der Waals surface area contributed by atoms with E-state index in [1.807, 2.05) is 29.8 Å². The molecule has 4 heterocycles. The normalized spacial score (nSPS) is 14.8. The molecule has 0 aliphatic carbocycles. The van der Waals surface area contributed by atoms with Crippen molar-refractivity contribution in [1.29, 1.82) is 0 Å². The Balaban J connectivity index is 1.31. The number of hydrogen-bond acceptors (Lipinski definition) is 6. The van der Waals surface area contributed by atoms with Crippen molar-refractivity contribution >= 4 is 22.8 Å². The average Bonchev–Trinajstić information content (AvgIpc) is 3.21. The molecule has 5 rings (SSSR count). The third kappa shape index (κ3) is 4.72. The van der Waals surface area contributed by atoms with Crippen LogP contribution in [0.3, 0.4) is 0 Å². The molecule has 0 saturated carbocycles. The van der Waals surface area contributed by atoms with Gasteiger partial charge in [-0.2, -0.15) is 4.98 Å². The maximum Gasteiger partial charge on any atom is 0.354 e. The van der Waals surface area contributed by atoms with Crippen LogP contribution in [0.2, 0.25) is 0 Å². The number of nitrogens with two attached hydrogens (primary N) is 1. The van der Waals surface area contributed by atoms with Crippen molar-refractivity contribution in [2.24, 2.45) is 7.05 Å². The van der Waals surface area contributed by atoms with Gasteiger partial charge in [0.05, 0.1) is 11.9 Å². The number of aryl methyl sites for hydroxylation is 1. The van der Waals surface area contributed by atoms with Crippen molar-refractivity contribution in [3.05, 3.63) is 81.9 Å². The van der Waals surface area contributed by atoms with Gasteiger partial charge in [0, 0.05) is 50.5 Å². The van der Waals surface area contributed by atoms with E-state index < -0.39 is 17.3 Å². The van der Waals surface area contributed by atoms with E-state index >= 15 is 0 Å². The zero-order chi connectivity index (χ0) is 26.3. The second kappa shape index (κ2) is 9.78. The summed E-state index contributed by atoms with van der Waals surface area (Å²) in [6.45, 7) is 2.62. The number of amides is 1. The lowest BCUT2D eigenvalue weighted by atomic mass is 9.89. The molecule has 192 valence electrons. The standard InChI is InChI=1S/C27H30FN7O2/c1-32(2)26(36)19-6-4-17(5-7-19)18-9-12-34(13-10-18)15-20-14-21-23(8-11-30-25(21)33(20)3)35-16-22(28)24(29)31-27(35)37/h4-8,11,14,16,18H,9-10,12-13,15H2,1-3H3,(H2,29,31,37). The van der Waals surface area contributed by atoms with Crippen molar-refractivity contribution in [3.63, 3.8) is 0 Å². The zero-order valence-electron chi connectivity index (χ0n) is 21.2. The van der Waals surface area contributed by atoms with E-state index in [1.165, 1.54) is 10.1 Å². The molecule has 3 aromatic heterocycles. The van der Waals surface area contributed by atoms with Crippen LogP contribution >= 0.6 is 0 Å². The topological polar surface area (TPSA) is 102 Å². The summed E-state index contributed by atoms with van der Waals surface area (Å²) < 4.78 is 17.3. The van der Waals surface area contributed by atoms with Gasteiger partial charge in [-0.3, -0.25) is 14.3 Å². The van der Waals surface area contributed by atoms with Crippen LogP contribution in [0.25, 0.3) is 16.7 Å². The lowest BCUT2D eigenvalue weighted by molar-refractivity contribution is 0.0827. The molecule has 1 amide bonds. The predicted molar refractivity (Wildman–Crippen MR) is 140 cm³/mol. The van der Waals surface area contributed by atoms with Gasteiger partial charge in [0.15, 0.2) is 11.6 Å². The summed E-state index contributed by atoms with van der Waals surface area (Å²) >= 11 is 0. The van der Waals surface area contributed by atoms with Crippen LogP contribution in [0, 0.1) is 5.82 Å². The highest BCUT2D eigenvalue weighted by atomic mass is 19.1. The van der Waals surface area contributed by atoms with Gasteiger partial charge in [0.25, 0.3) is 5.91 Å². The summed E-state index contributed by atoms with van der Waals surface area (Å²) in [6.07, 6.45) is 4.73. The number of nitrogens with zero attached hydrogens (tertiary/aromatic N) is 6. The van der Waals surface area contributed by atoms with E-state index in [0.717, 1.165) is 49.8 Å². The highest BCUT2D eigenvalue weighted by Gasteiger charge is 2.23. The maximum absolute atomic E-state index is 14.1. The fraction of sp³-hybridized carbons (Fsp3) is 0.333. The summed E-state index contributed by atoms with van der Waals surface area (Å²) in [7, 11) is 5.46. The fourth-order valence-electron chi connectivity index (χ4n) is 5.05. The van der Waals surface area contributed by atoms with Crippen molar-refractivity contribution in [1.82, 2.24) is 28.9 Å². The molecular weight excluding hydrogens is 473 g/mol. The van der Waals surface area contributed by atoms with Crippen LogP contribution in [0.1, 0.15) is 40.4 Å². The number of carbonyl (C=O) groups is 1. The van der Waals surface area contributed by atoms with Gasteiger partial charge in [-0.25, -0.2) is 14.2 Å². The van der Waals surface area contributed by atoms with Crippen LogP contribution in [0.5, 0.6) is 0 Å². The van der Waals surface area contributed by atoms with E-state index in [-0.39, 0.29) is 5.91 Å². The van der Waals surface area contributed by atoms with Gasteiger partial charge in [-0.1, -0.05) is 12.1 Å². The van der Waals surface area contributed by atoms with Crippen molar-refractivity contribution in [3.8, 4) is 5.69 Å². The lowest BCUT2D eigenvalue weighted by Gasteiger charge is -2.32. The van der Waals surface area contributed by atoms with Crippen LogP contribution in [0.4, 0.5) is 10.2 Å². The van der Waals surface area contributed by atoms with Gasteiger partial charge in [-0.15, -0.1) is 0 Å². The molecule has 4 aromatic rings. The Bertz CT molecular complexity index is 1520. The summed E-state index contributed by atoms with van der Waals surface area (Å²) in [6, 6.07) is 11.7. The third-order valence-corrected chi connectivity index (χ3v) is 7.18. The van der Waals surface area contributed by atoms with Crippen molar-refractivity contribution in [2.75, 3.05) is 32.9 Å². The van der Waals surface area contributed by atoms with Gasteiger partial charge >= 0.3 is 5.69 Å². The van der Waals surface area contributed by atoms with Gasteiger partial charge in [0.2, 0.25) is 0 Å². The summed E-state index contributed by atoms with van der Waals surface area (Å²) in [5, 5.41) is 0.746. The maximum atomic E-state index is 14.1. The molecule has 1 aliphatic rings. The fourth-order valence-corrected chi connectivity index (χ4v) is 5.05. The van der Waals surface area contributed by atoms with E-state index in [4.69, 9.17) is 5.73 Å². The Kier molecular flexibility index (Phi) is 6.51. The number of halogens is 1. The first-order chi connectivity index (χ1) is 17.7. The molecular formula is C27H30FN7O2. The minimum Gasteiger partial charge on any atom is -0.381 e. The molecule has 10 heteroatoms. The Labute approximate surface area is 214 Å². The minimum atomic E-state index is -0.748. The summed E-state index contributed by atoms with van der Waals surface area (Å²) in [5.41, 5.74) is 9.05. The summed E-state index contributed by atoms with van der Waals surface area (Å²) in [5.74, 6) is -0.693. The van der Waals surface area contributed by atoms with Crippen molar-refractivity contribution < 1.29 is 9.18 Å². The molecule has 0 atom stereocenters. The Morgan fingerprint density at radius 1 is 1.16 bits per heavy atom. The third-order valence-electron chi connectivity index (χ3n) is 7.18. The number of hydrogen-bond donors (Lipinski definition) is 1.